The lowest BCUT2D eigenvalue weighted by Gasteiger charge is -2.02. The molecule has 0 aliphatic rings. The Morgan fingerprint density at radius 3 is 2.71 bits per heavy atom. The number of pyridine rings is 1. The summed E-state index contributed by atoms with van der Waals surface area (Å²) in [5.74, 6) is 0.210. The van der Waals surface area contributed by atoms with Gasteiger partial charge < -0.3 is 0 Å². The minimum absolute atomic E-state index is 0.193. The number of aryl methyl sites for hydroxylation is 1. The largest absolute Gasteiger partial charge is 0.272 e. The van der Waals surface area contributed by atoms with Crippen LogP contribution in [0, 0.1) is 6.92 Å². The lowest BCUT2D eigenvalue weighted by molar-refractivity contribution is -0.118. The van der Waals surface area contributed by atoms with Gasteiger partial charge in [0.05, 0.1) is 21.7 Å². The number of hydrogen-bond donors (Lipinski definition) is 1. The van der Waals surface area contributed by atoms with Gasteiger partial charge in [-0.1, -0.05) is 41.6 Å². The molecule has 0 unspecified atom stereocenters. The molecule has 0 radical (unpaired) electrons. The van der Waals surface area contributed by atoms with Crippen LogP contribution in [0.1, 0.15) is 11.1 Å². The van der Waals surface area contributed by atoms with Crippen molar-refractivity contribution in [2.24, 2.45) is 15.3 Å². The average molecular weight is 447 g/mol. The normalized spacial score (nSPS) is 11.8. The quantitative estimate of drug-likeness (QED) is 0.142. The van der Waals surface area contributed by atoms with Gasteiger partial charge in [0.2, 0.25) is 5.84 Å². The fourth-order valence-electron chi connectivity index (χ4n) is 2.54. The van der Waals surface area contributed by atoms with Crippen molar-refractivity contribution in [3.05, 3.63) is 84.2 Å². The summed E-state index contributed by atoms with van der Waals surface area (Å²) in [6.07, 6.45) is 3.28. The molecule has 4 aromatic rings. The van der Waals surface area contributed by atoms with E-state index in [9.17, 15) is 4.79 Å². The summed E-state index contributed by atoms with van der Waals surface area (Å²) in [5, 5.41) is 12.6. The minimum Gasteiger partial charge on any atom is -0.272 e. The lowest BCUT2D eigenvalue weighted by atomic mass is 10.2. The third-order valence-corrected chi connectivity index (χ3v) is 6.28. The molecule has 1 N–H and O–H groups in total. The van der Waals surface area contributed by atoms with Crippen molar-refractivity contribution in [3.8, 4) is 0 Å². The molecule has 0 aliphatic carbocycles. The molecule has 2 aromatic heterocycles. The van der Waals surface area contributed by atoms with E-state index >= 15 is 0 Å². The number of carbonyl (C=O) groups excluding carboxylic acids is 1. The number of nitrogens with zero attached hydrogens (tertiary/aromatic N) is 5. The number of amidine groups is 1. The first-order valence-electron chi connectivity index (χ1n) is 9.41. The van der Waals surface area contributed by atoms with Gasteiger partial charge in [0.25, 0.3) is 5.91 Å². The van der Waals surface area contributed by atoms with Crippen LogP contribution >= 0.6 is 23.1 Å². The van der Waals surface area contributed by atoms with Gasteiger partial charge in [0.15, 0.2) is 4.34 Å². The average Bonchev–Trinajstić information content (AvgIpc) is 3.22. The minimum atomic E-state index is -0.254. The van der Waals surface area contributed by atoms with Crippen LogP contribution in [-0.4, -0.2) is 27.5 Å². The van der Waals surface area contributed by atoms with Crippen LogP contribution in [0.3, 0.4) is 0 Å². The van der Waals surface area contributed by atoms with Gasteiger partial charge in [-0.25, -0.2) is 10.4 Å². The first-order chi connectivity index (χ1) is 15.2. The molecule has 4 rings (SSSR count). The van der Waals surface area contributed by atoms with Gasteiger partial charge in [-0.2, -0.15) is 5.10 Å². The van der Waals surface area contributed by atoms with Crippen molar-refractivity contribution >= 4 is 50.7 Å². The molecule has 31 heavy (non-hydrogen) atoms. The molecule has 1 amide bonds. The molecule has 0 aliphatic heterocycles. The molecule has 0 atom stereocenters. The Morgan fingerprint density at radius 1 is 1.10 bits per heavy atom. The summed E-state index contributed by atoms with van der Waals surface area (Å²) in [6.45, 7) is 2.01. The van der Waals surface area contributed by atoms with E-state index in [-0.39, 0.29) is 17.5 Å². The standard InChI is InChI=1S/C22H18N6OS2/c1-15-8-10-17(11-9-15)25-27-21(16-5-4-12-23-13-16)28-26-20(29)14-30-22-24-18-6-2-3-7-19(18)31-22/h2-13H,14H2,1H3,(H,26,29)/b27-25?,28-21+. The van der Waals surface area contributed by atoms with Crippen LogP contribution in [0.15, 0.2) is 92.7 Å². The number of thioether (sulfide) groups is 1. The first kappa shape index (κ1) is 20.8. The zero-order valence-electron chi connectivity index (χ0n) is 16.6. The molecule has 154 valence electrons. The maximum Gasteiger partial charge on any atom is 0.250 e. The Hall–Kier alpha value is -3.43. The van der Waals surface area contributed by atoms with Gasteiger partial charge >= 0.3 is 0 Å². The number of rotatable bonds is 6. The topological polar surface area (TPSA) is 92.0 Å². The number of fused-ring (bicyclic) bond motifs is 1. The Morgan fingerprint density at radius 2 is 1.94 bits per heavy atom. The van der Waals surface area contributed by atoms with Crippen molar-refractivity contribution in [1.29, 1.82) is 0 Å². The molecule has 0 bridgehead atoms. The van der Waals surface area contributed by atoms with Crippen LogP contribution in [0.5, 0.6) is 0 Å². The Labute approximate surface area is 187 Å². The summed E-state index contributed by atoms with van der Waals surface area (Å²) in [7, 11) is 0. The molecule has 0 spiro atoms. The molecule has 2 aromatic carbocycles. The van der Waals surface area contributed by atoms with E-state index in [1.165, 1.54) is 11.8 Å². The van der Waals surface area contributed by atoms with Crippen LogP contribution in [-0.2, 0) is 4.79 Å². The zero-order valence-corrected chi connectivity index (χ0v) is 18.2. The van der Waals surface area contributed by atoms with E-state index in [4.69, 9.17) is 0 Å². The second-order valence-electron chi connectivity index (χ2n) is 6.48. The molecule has 9 heteroatoms. The summed E-state index contributed by atoms with van der Waals surface area (Å²) >= 11 is 2.93. The summed E-state index contributed by atoms with van der Waals surface area (Å²) in [4.78, 5) is 20.9. The maximum atomic E-state index is 12.3. The summed E-state index contributed by atoms with van der Waals surface area (Å²) in [6, 6.07) is 19.1. The van der Waals surface area contributed by atoms with Crippen molar-refractivity contribution in [2.75, 3.05) is 5.75 Å². The number of benzene rings is 2. The van der Waals surface area contributed by atoms with Crippen molar-refractivity contribution in [3.63, 3.8) is 0 Å². The second-order valence-corrected chi connectivity index (χ2v) is 8.74. The van der Waals surface area contributed by atoms with Crippen LogP contribution < -0.4 is 5.43 Å². The van der Waals surface area contributed by atoms with E-state index < -0.39 is 0 Å². The molecule has 0 fully saturated rings. The Bertz CT molecular complexity index is 1200. The van der Waals surface area contributed by atoms with Gasteiger partial charge in [-0.3, -0.25) is 9.78 Å². The summed E-state index contributed by atoms with van der Waals surface area (Å²) < 4.78 is 1.94. The highest BCUT2D eigenvalue weighted by Crippen LogP contribution is 2.29. The highest BCUT2D eigenvalue weighted by molar-refractivity contribution is 8.01. The van der Waals surface area contributed by atoms with E-state index in [0.717, 1.165) is 20.1 Å². The molecular formula is C22H18N6OS2. The highest BCUT2D eigenvalue weighted by Gasteiger charge is 2.09. The van der Waals surface area contributed by atoms with Crippen LogP contribution in [0.25, 0.3) is 10.2 Å². The fourth-order valence-corrected chi connectivity index (χ4v) is 4.40. The van der Waals surface area contributed by atoms with E-state index in [1.54, 1.807) is 29.8 Å². The van der Waals surface area contributed by atoms with E-state index in [0.29, 0.717) is 11.3 Å². The smallest absolute Gasteiger partial charge is 0.250 e. The number of azo groups is 1. The molecular weight excluding hydrogens is 428 g/mol. The number of carbonyl (C=O) groups is 1. The Kier molecular flexibility index (Phi) is 6.75. The zero-order chi connectivity index (χ0) is 21.5. The second kappa shape index (κ2) is 10.1. The van der Waals surface area contributed by atoms with Gasteiger partial charge in [-0.05, 0) is 43.3 Å². The van der Waals surface area contributed by atoms with Crippen molar-refractivity contribution in [1.82, 2.24) is 15.4 Å². The third kappa shape index (κ3) is 5.80. The maximum absolute atomic E-state index is 12.3. The number of thiazole rings is 1. The number of nitrogens with one attached hydrogen (secondary N) is 1. The molecule has 0 saturated carbocycles. The number of hydrazone groups is 1. The van der Waals surface area contributed by atoms with Gasteiger partial charge in [0.1, 0.15) is 0 Å². The van der Waals surface area contributed by atoms with E-state index in [2.05, 4.69) is 30.7 Å². The predicted octanol–water partition coefficient (Wildman–Crippen LogP) is 5.35. The molecule has 0 saturated heterocycles. The third-order valence-electron chi connectivity index (χ3n) is 4.10. The van der Waals surface area contributed by atoms with Crippen molar-refractivity contribution < 1.29 is 4.79 Å². The lowest BCUT2D eigenvalue weighted by Crippen LogP contribution is -2.21. The van der Waals surface area contributed by atoms with E-state index in [1.807, 2.05) is 61.5 Å². The van der Waals surface area contributed by atoms with Crippen LogP contribution in [0.4, 0.5) is 5.69 Å². The Balaban J connectivity index is 1.43. The summed E-state index contributed by atoms with van der Waals surface area (Å²) in [5.41, 5.74) is 5.97. The number of para-hydroxylation sites is 1. The number of hydrogen-bond acceptors (Lipinski definition) is 7. The first-order valence-corrected chi connectivity index (χ1v) is 11.2. The SMILES string of the molecule is Cc1ccc(N=N/C(=N/NC(=O)CSc2nc3ccccc3s2)c2cccnc2)cc1. The molecule has 7 nitrogen and oxygen atoms in total. The van der Waals surface area contributed by atoms with Gasteiger partial charge in [-0.15, -0.1) is 21.6 Å². The monoisotopic (exact) mass is 446 g/mol. The molecule has 2 heterocycles. The van der Waals surface area contributed by atoms with Crippen LogP contribution in [0.2, 0.25) is 0 Å². The fraction of sp³-hybridized carbons (Fsp3) is 0.0909. The predicted molar refractivity (Wildman–Crippen MR) is 125 cm³/mol. The number of aromatic nitrogens is 2. The number of amides is 1. The van der Waals surface area contributed by atoms with Crippen molar-refractivity contribution in [2.45, 2.75) is 11.3 Å². The van der Waals surface area contributed by atoms with Gasteiger partial charge in [0, 0.05) is 18.0 Å². The highest BCUT2D eigenvalue weighted by atomic mass is 32.2.